The van der Waals surface area contributed by atoms with Crippen molar-refractivity contribution in [2.75, 3.05) is 0 Å². The SMILES string of the molecule is CC(=O)OC1OC(=O)C=C1[C@H]1CC=C(CC/C=C(\C)CC/C=C(\C)CCC=C(C)C)[C@@H](O)O1. The second kappa shape index (κ2) is 13.3. The normalized spacial score (nSPS) is 23.6. The highest BCUT2D eigenvalue weighted by Crippen LogP contribution is 2.31. The van der Waals surface area contributed by atoms with Crippen LogP contribution in [0, 0.1) is 0 Å². The summed E-state index contributed by atoms with van der Waals surface area (Å²) in [5, 5.41) is 10.4. The minimum atomic E-state index is -1.09. The van der Waals surface area contributed by atoms with Gasteiger partial charge in [-0.25, -0.2) is 4.79 Å². The van der Waals surface area contributed by atoms with Crippen molar-refractivity contribution >= 4 is 11.9 Å². The summed E-state index contributed by atoms with van der Waals surface area (Å²) < 4.78 is 15.7. The van der Waals surface area contributed by atoms with Gasteiger partial charge in [-0.15, -0.1) is 0 Å². The molecule has 0 aromatic heterocycles. The molecule has 0 amide bonds. The maximum absolute atomic E-state index is 11.6. The van der Waals surface area contributed by atoms with Crippen LogP contribution in [0.4, 0.5) is 0 Å². The molecule has 33 heavy (non-hydrogen) atoms. The number of aliphatic hydroxyl groups is 1. The molecule has 3 atom stereocenters. The standard InChI is InChI=1S/C27H38O6/c1-18(2)9-6-10-19(3)11-7-12-20(4)13-8-14-22-15-16-24(32-26(22)30)23-17-25(29)33-27(23)31-21(5)28/h9,11,13,15,17,24,26-27,30H,6-8,10,12,14,16H2,1-5H3/b19-11+,20-13+/t24-,26+,27?/m1/s1. The highest BCUT2D eigenvalue weighted by Gasteiger charge is 2.37. The van der Waals surface area contributed by atoms with Crippen LogP contribution in [-0.2, 0) is 23.8 Å². The van der Waals surface area contributed by atoms with Gasteiger partial charge in [-0.05, 0) is 78.2 Å². The first-order valence-corrected chi connectivity index (χ1v) is 11.7. The lowest BCUT2D eigenvalue weighted by molar-refractivity contribution is -0.176. The lowest BCUT2D eigenvalue weighted by Crippen LogP contribution is -2.33. The number of aliphatic hydroxyl groups excluding tert-OH is 1. The Labute approximate surface area is 197 Å². The molecule has 0 aromatic carbocycles. The van der Waals surface area contributed by atoms with Crippen molar-refractivity contribution in [3.05, 3.63) is 58.2 Å². The average Bonchev–Trinajstić information content (AvgIpc) is 3.08. The van der Waals surface area contributed by atoms with E-state index < -0.39 is 30.6 Å². The summed E-state index contributed by atoms with van der Waals surface area (Å²) in [5.41, 5.74) is 5.38. The molecule has 0 aliphatic carbocycles. The van der Waals surface area contributed by atoms with Gasteiger partial charge in [0.05, 0.1) is 6.10 Å². The summed E-state index contributed by atoms with van der Waals surface area (Å²) in [7, 11) is 0. The van der Waals surface area contributed by atoms with Crippen molar-refractivity contribution < 1.29 is 28.9 Å². The van der Waals surface area contributed by atoms with E-state index in [4.69, 9.17) is 14.2 Å². The van der Waals surface area contributed by atoms with E-state index in [0.717, 1.165) is 37.7 Å². The summed E-state index contributed by atoms with van der Waals surface area (Å²) in [4.78, 5) is 22.8. The minimum Gasteiger partial charge on any atom is -0.421 e. The Kier molecular flexibility index (Phi) is 10.8. The van der Waals surface area contributed by atoms with E-state index in [1.54, 1.807) is 0 Å². The average molecular weight is 459 g/mol. The first-order chi connectivity index (χ1) is 15.7. The van der Waals surface area contributed by atoms with Crippen LogP contribution in [-0.4, -0.2) is 35.7 Å². The number of carbonyl (C=O) groups is 2. The fraction of sp³-hybridized carbons (Fsp3) is 0.556. The Bertz CT molecular complexity index is 854. The van der Waals surface area contributed by atoms with E-state index in [1.165, 1.54) is 29.7 Å². The summed E-state index contributed by atoms with van der Waals surface area (Å²) in [5.74, 6) is -1.13. The van der Waals surface area contributed by atoms with E-state index in [-0.39, 0.29) is 0 Å². The molecule has 2 rings (SSSR count). The van der Waals surface area contributed by atoms with Crippen molar-refractivity contribution in [1.29, 1.82) is 0 Å². The van der Waals surface area contributed by atoms with E-state index in [2.05, 4.69) is 45.9 Å². The molecule has 182 valence electrons. The van der Waals surface area contributed by atoms with Crippen LogP contribution in [0.15, 0.2) is 58.2 Å². The van der Waals surface area contributed by atoms with Gasteiger partial charge in [0.1, 0.15) is 0 Å². The van der Waals surface area contributed by atoms with E-state index in [9.17, 15) is 14.7 Å². The molecule has 1 unspecified atom stereocenters. The summed E-state index contributed by atoms with van der Waals surface area (Å²) in [6.45, 7) is 9.84. The Morgan fingerprint density at radius 3 is 2.30 bits per heavy atom. The molecule has 2 aliphatic heterocycles. The maximum Gasteiger partial charge on any atom is 0.334 e. The molecular formula is C27H38O6. The minimum absolute atomic E-state index is 0.421. The topological polar surface area (TPSA) is 82.1 Å². The van der Waals surface area contributed by atoms with Crippen molar-refractivity contribution in [2.45, 2.75) is 98.2 Å². The zero-order valence-corrected chi connectivity index (χ0v) is 20.6. The molecule has 0 saturated heterocycles. The number of hydrogen-bond acceptors (Lipinski definition) is 6. The lowest BCUT2D eigenvalue weighted by Gasteiger charge is -2.29. The van der Waals surface area contributed by atoms with Crippen LogP contribution < -0.4 is 0 Å². The van der Waals surface area contributed by atoms with Crippen LogP contribution in [0.2, 0.25) is 0 Å². The van der Waals surface area contributed by atoms with Gasteiger partial charge < -0.3 is 19.3 Å². The molecule has 6 nitrogen and oxygen atoms in total. The Balaban J connectivity index is 1.79. The largest absolute Gasteiger partial charge is 0.421 e. The van der Waals surface area contributed by atoms with Gasteiger partial charge in [0, 0.05) is 18.6 Å². The Morgan fingerprint density at radius 2 is 1.70 bits per heavy atom. The quantitative estimate of drug-likeness (QED) is 0.321. The van der Waals surface area contributed by atoms with Crippen molar-refractivity contribution in [3.63, 3.8) is 0 Å². The first kappa shape index (κ1) is 26.8. The van der Waals surface area contributed by atoms with Crippen LogP contribution in [0.25, 0.3) is 0 Å². The van der Waals surface area contributed by atoms with Gasteiger partial charge >= 0.3 is 11.9 Å². The third kappa shape index (κ3) is 9.52. The molecule has 0 fully saturated rings. The number of cyclic esters (lactones) is 1. The molecule has 1 N–H and O–H groups in total. The van der Waals surface area contributed by atoms with Crippen LogP contribution in [0.5, 0.6) is 0 Å². The van der Waals surface area contributed by atoms with Crippen molar-refractivity contribution in [2.24, 2.45) is 0 Å². The smallest absolute Gasteiger partial charge is 0.334 e. The predicted octanol–water partition coefficient (Wildman–Crippen LogP) is 5.59. The number of ether oxygens (including phenoxy) is 3. The van der Waals surface area contributed by atoms with E-state index in [0.29, 0.717) is 18.4 Å². The summed E-state index contributed by atoms with van der Waals surface area (Å²) in [6, 6.07) is 0. The van der Waals surface area contributed by atoms with Gasteiger partial charge in [0.15, 0.2) is 6.29 Å². The molecule has 2 heterocycles. The monoisotopic (exact) mass is 458 g/mol. The molecule has 0 radical (unpaired) electrons. The van der Waals surface area contributed by atoms with Crippen molar-refractivity contribution in [3.8, 4) is 0 Å². The summed E-state index contributed by atoms with van der Waals surface area (Å²) >= 11 is 0. The second-order valence-corrected chi connectivity index (χ2v) is 9.01. The molecule has 0 aromatic rings. The second-order valence-electron chi connectivity index (χ2n) is 9.01. The molecule has 0 saturated carbocycles. The molecule has 0 spiro atoms. The number of hydrogen-bond donors (Lipinski definition) is 1. The Hall–Kier alpha value is -2.44. The fourth-order valence-electron chi connectivity index (χ4n) is 3.82. The zero-order chi connectivity index (χ0) is 24.4. The molecule has 0 bridgehead atoms. The third-order valence-electron chi connectivity index (χ3n) is 5.68. The van der Waals surface area contributed by atoms with Gasteiger partial charge in [-0.3, -0.25) is 4.79 Å². The first-order valence-electron chi connectivity index (χ1n) is 11.7. The van der Waals surface area contributed by atoms with Crippen LogP contribution in [0.3, 0.4) is 0 Å². The zero-order valence-electron chi connectivity index (χ0n) is 20.6. The van der Waals surface area contributed by atoms with Gasteiger partial charge in [-0.2, -0.15) is 0 Å². The van der Waals surface area contributed by atoms with Crippen molar-refractivity contribution in [1.82, 2.24) is 0 Å². The highest BCUT2D eigenvalue weighted by molar-refractivity contribution is 5.86. The number of allylic oxidation sites excluding steroid dienone is 6. The van der Waals surface area contributed by atoms with Gasteiger partial charge in [-0.1, -0.05) is 41.0 Å². The number of esters is 2. The van der Waals surface area contributed by atoms with E-state index in [1.807, 2.05) is 6.08 Å². The third-order valence-corrected chi connectivity index (χ3v) is 5.68. The van der Waals surface area contributed by atoms with Gasteiger partial charge in [0.2, 0.25) is 0 Å². The summed E-state index contributed by atoms with van der Waals surface area (Å²) in [6.07, 6.45) is 13.6. The van der Waals surface area contributed by atoms with Crippen LogP contribution >= 0.6 is 0 Å². The molecular weight excluding hydrogens is 420 g/mol. The fourth-order valence-corrected chi connectivity index (χ4v) is 3.82. The maximum atomic E-state index is 11.6. The number of carbonyl (C=O) groups excluding carboxylic acids is 2. The Morgan fingerprint density at radius 1 is 1.06 bits per heavy atom. The number of rotatable bonds is 11. The van der Waals surface area contributed by atoms with Crippen LogP contribution in [0.1, 0.15) is 79.6 Å². The predicted molar refractivity (Wildman–Crippen MR) is 128 cm³/mol. The van der Waals surface area contributed by atoms with Gasteiger partial charge in [0.25, 0.3) is 6.29 Å². The molecule has 2 aliphatic rings. The lowest BCUT2D eigenvalue weighted by atomic mass is 9.98. The van der Waals surface area contributed by atoms with E-state index >= 15 is 0 Å². The highest BCUT2D eigenvalue weighted by atomic mass is 16.7. The molecule has 6 heteroatoms.